The van der Waals surface area contributed by atoms with Crippen LogP contribution in [0.3, 0.4) is 0 Å². The lowest BCUT2D eigenvalue weighted by Crippen LogP contribution is -2.37. The molecule has 1 unspecified atom stereocenters. The molecule has 1 aliphatic rings. The number of ether oxygens (including phenoxy) is 2. The second kappa shape index (κ2) is 30.7. The Hall–Kier alpha value is -2.38. The van der Waals surface area contributed by atoms with Gasteiger partial charge in [0.25, 0.3) is 7.82 Å². The fourth-order valence-electron chi connectivity index (χ4n) is 7.84. The molecule has 0 spiro atoms. The highest BCUT2D eigenvalue weighted by Gasteiger charge is 2.39. The third kappa shape index (κ3) is 24.1. The van der Waals surface area contributed by atoms with Gasteiger partial charge >= 0.3 is 11.9 Å². The van der Waals surface area contributed by atoms with Gasteiger partial charge in [-0.2, -0.15) is 0 Å². The Morgan fingerprint density at radius 3 is 2.05 bits per heavy atom. The third-order valence-corrected chi connectivity index (χ3v) is 12.8. The number of likely N-dealkylation sites (N-methyl/N-ethyl adjacent to an activating group) is 1. The number of allylic oxidation sites excluding steroid dienone is 1. The number of hydrogen-bond donors (Lipinski definition) is 2. The summed E-state index contributed by atoms with van der Waals surface area (Å²) in [5.41, 5.74) is 2.60. The number of phosphoric ester groups is 1. The number of phosphoric acid groups is 1. The SMILES string of the molecule is CCCCC[C@H](O)/C=C/[C@H]1C(=O)C[C@H](O)[C@@H]1CCCCCCC(=O)O[C@H](COC(=O)CCCCCCCCCCc1oc(CCC)c(C)c1C)COP(=O)([O-])OCC[N+](C)(C)C. The number of esters is 2. The first-order valence-electron chi connectivity index (χ1n) is 23.9. The summed E-state index contributed by atoms with van der Waals surface area (Å²) in [6, 6.07) is 0. The van der Waals surface area contributed by atoms with Crippen LogP contribution in [0.4, 0.5) is 0 Å². The number of hydrogen-bond acceptors (Lipinski definition) is 12. The maximum atomic E-state index is 12.8. The van der Waals surface area contributed by atoms with Crippen LogP contribution >= 0.6 is 7.82 Å². The van der Waals surface area contributed by atoms with E-state index >= 15 is 0 Å². The number of Topliss-reactive ketones (excluding diaryl/α,β-unsaturated/α-hetero) is 1. The summed E-state index contributed by atoms with van der Waals surface area (Å²) < 4.78 is 40.1. The summed E-state index contributed by atoms with van der Waals surface area (Å²) in [7, 11) is 1.00. The van der Waals surface area contributed by atoms with Gasteiger partial charge in [-0.3, -0.25) is 18.9 Å². The number of furan rings is 1. The van der Waals surface area contributed by atoms with Gasteiger partial charge in [-0.25, -0.2) is 0 Å². The van der Waals surface area contributed by atoms with Crippen molar-refractivity contribution in [3.8, 4) is 0 Å². The Kier molecular flexibility index (Phi) is 27.6. The highest BCUT2D eigenvalue weighted by molar-refractivity contribution is 7.45. The molecular weight excluding hydrogens is 813 g/mol. The van der Waals surface area contributed by atoms with E-state index in [-0.39, 0.29) is 44.2 Å². The van der Waals surface area contributed by atoms with E-state index in [0.717, 1.165) is 101 Å². The van der Waals surface area contributed by atoms with Crippen molar-refractivity contribution in [1.82, 2.24) is 0 Å². The van der Waals surface area contributed by atoms with Gasteiger partial charge in [-0.15, -0.1) is 0 Å². The molecule has 0 saturated heterocycles. The van der Waals surface area contributed by atoms with Crippen LogP contribution in [-0.2, 0) is 50.3 Å². The van der Waals surface area contributed by atoms with E-state index in [4.69, 9.17) is 22.9 Å². The lowest BCUT2D eigenvalue weighted by molar-refractivity contribution is -0.870. The van der Waals surface area contributed by atoms with Gasteiger partial charge in [-0.1, -0.05) is 103 Å². The fraction of sp³-hybridized carbons (Fsp3) is 0.812. The van der Waals surface area contributed by atoms with Crippen LogP contribution < -0.4 is 4.89 Å². The minimum atomic E-state index is -4.70. The Labute approximate surface area is 373 Å². The van der Waals surface area contributed by atoms with Crippen LogP contribution in [0.2, 0.25) is 0 Å². The molecule has 1 fully saturated rings. The molecule has 1 aliphatic carbocycles. The summed E-state index contributed by atoms with van der Waals surface area (Å²) in [6.07, 6.45) is 19.9. The minimum absolute atomic E-state index is 0.00371. The van der Waals surface area contributed by atoms with E-state index in [2.05, 4.69) is 27.7 Å². The molecule has 0 radical (unpaired) electrons. The Morgan fingerprint density at radius 1 is 0.823 bits per heavy atom. The Bertz CT molecular complexity index is 1500. The van der Waals surface area contributed by atoms with Crippen LogP contribution in [0, 0.1) is 25.7 Å². The number of carbonyl (C=O) groups is 3. The molecule has 2 rings (SSSR count). The first kappa shape index (κ1) is 55.8. The van der Waals surface area contributed by atoms with Crippen molar-refractivity contribution >= 4 is 25.5 Å². The molecular formula is C48H84NO12P. The van der Waals surface area contributed by atoms with Crippen molar-refractivity contribution in [3.05, 3.63) is 34.8 Å². The predicted molar refractivity (Wildman–Crippen MR) is 240 cm³/mol. The molecule has 358 valence electrons. The second-order valence-electron chi connectivity index (χ2n) is 18.5. The monoisotopic (exact) mass is 898 g/mol. The lowest BCUT2D eigenvalue weighted by Gasteiger charge is -2.28. The van der Waals surface area contributed by atoms with Crippen molar-refractivity contribution in [1.29, 1.82) is 0 Å². The number of unbranched alkanes of at least 4 members (excludes halogenated alkanes) is 12. The van der Waals surface area contributed by atoms with Crippen molar-refractivity contribution in [3.63, 3.8) is 0 Å². The first-order chi connectivity index (χ1) is 29.5. The predicted octanol–water partition coefficient (Wildman–Crippen LogP) is 8.97. The number of aliphatic hydroxyl groups excluding tert-OH is 2. The van der Waals surface area contributed by atoms with Gasteiger partial charge in [0.1, 0.15) is 37.1 Å². The summed E-state index contributed by atoms with van der Waals surface area (Å²) in [5.74, 6) is 0.650. The summed E-state index contributed by atoms with van der Waals surface area (Å²) >= 11 is 0. The smallest absolute Gasteiger partial charge is 0.306 e. The summed E-state index contributed by atoms with van der Waals surface area (Å²) in [6.45, 7) is 8.06. The van der Waals surface area contributed by atoms with E-state index in [9.17, 15) is 34.1 Å². The normalized spacial score (nSPS) is 18.9. The molecule has 6 atom stereocenters. The number of rotatable bonds is 36. The van der Waals surface area contributed by atoms with Crippen molar-refractivity contribution in [2.75, 3.05) is 47.5 Å². The highest BCUT2D eigenvalue weighted by Crippen LogP contribution is 2.38. The van der Waals surface area contributed by atoms with Crippen LogP contribution in [0.25, 0.3) is 0 Å². The molecule has 0 aromatic carbocycles. The molecule has 0 amide bonds. The minimum Gasteiger partial charge on any atom is -0.756 e. The van der Waals surface area contributed by atoms with E-state index in [1.807, 2.05) is 21.1 Å². The summed E-state index contributed by atoms with van der Waals surface area (Å²) in [4.78, 5) is 50.5. The summed E-state index contributed by atoms with van der Waals surface area (Å²) in [5, 5.41) is 20.8. The maximum absolute atomic E-state index is 12.8. The van der Waals surface area contributed by atoms with E-state index in [1.165, 1.54) is 17.5 Å². The number of carbonyl (C=O) groups excluding carboxylic acids is 3. The van der Waals surface area contributed by atoms with Gasteiger partial charge in [0.15, 0.2) is 6.10 Å². The number of quaternary nitrogens is 1. The molecule has 1 aromatic rings. The lowest BCUT2D eigenvalue weighted by atomic mass is 9.88. The maximum Gasteiger partial charge on any atom is 0.306 e. The van der Waals surface area contributed by atoms with Gasteiger partial charge in [0.2, 0.25) is 0 Å². The van der Waals surface area contributed by atoms with E-state index in [0.29, 0.717) is 43.1 Å². The molecule has 0 aliphatic heterocycles. The van der Waals surface area contributed by atoms with Crippen molar-refractivity contribution in [2.24, 2.45) is 11.8 Å². The van der Waals surface area contributed by atoms with Crippen molar-refractivity contribution < 1.29 is 61.5 Å². The Morgan fingerprint density at radius 2 is 1.42 bits per heavy atom. The van der Waals surface area contributed by atoms with Gasteiger partial charge in [0, 0.05) is 38.0 Å². The fourth-order valence-corrected chi connectivity index (χ4v) is 8.57. The molecule has 1 heterocycles. The molecule has 1 saturated carbocycles. The highest BCUT2D eigenvalue weighted by atomic mass is 31.2. The molecule has 2 N–H and O–H groups in total. The third-order valence-electron chi connectivity index (χ3n) is 11.9. The molecule has 62 heavy (non-hydrogen) atoms. The molecule has 0 bridgehead atoms. The largest absolute Gasteiger partial charge is 0.756 e. The number of nitrogens with zero attached hydrogens (tertiary/aromatic N) is 1. The first-order valence-corrected chi connectivity index (χ1v) is 25.3. The zero-order valence-electron chi connectivity index (χ0n) is 39.5. The average molecular weight is 898 g/mol. The number of aryl methyl sites for hydroxylation is 2. The number of ketones is 1. The number of aliphatic hydroxyl groups is 2. The topological polar surface area (TPSA) is 182 Å². The second-order valence-corrected chi connectivity index (χ2v) is 19.9. The zero-order chi connectivity index (χ0) is 46.0. The van der Waals surface area contributed by atoms with Gasteiger partial charge in [-0.05, 0) is 69.4 Å². The van der Waals surface area contributed by atoms with Crippen LogP contribution in [0.5, 0.6) is 0 Å². The quantitative estimate of drug-likeness (QED) is 0.0215. The van der Waals surface area contributed by atoms with E-state index in [1.54, 1.807) is 12.2 Å². The zero-order valence-corrected chi connectivity index (χ0v) is 40.4. The van der Waals surface area contributed by atoms with Gasteiger partial charge < -0.3 is 42.5 Å². The van der Waals surface area contributed by atoms with Gasteiger partial charge in [0.05, 0.1) is 40.0 Å². The standard InChI is InChI=1S/C48H84NO12P/c1-8-10-19-25-39(50)30-31-42-41(43(51)34-44(42)52)26-20-17-18-23-29-48(54)60-40(36-59-62(55,56)58-33-32-49(5,6)7)35-57-47(53)28-22-16-14-12-11-13-15-21-27-46-38(4)37(3)45(61-46)24-9-2/h30-31,39-43,50-51H,8-29,32-36H2,1-7H3/b31-30+/t39-,40+,41+,42+,43-/m0/s1. The van der Waals surface area contributed by atoms with Crippen molar-refractivity contribution in [2.45, 2.75) is 194 Å². The van der Waals surface area contributed by atoms with E-state index < -0.39 is 50.6 Å². The molecule has 13 nitrogen and oxygen atoms in total. The van der Waals surface area contributed by atoms with Crippen LogP contribution in [-0.4, -0.2) is 98.2 Å². The van der Waals surface area contributed by atoms with Crippen LogP contribution in [0.15, 0.2) is 16.6 Å². The molecule has 14 heteroatoms. The van der Waals surface area contributed by atoms with Crippen LogP contribution in [0.1, 0.15) is 171 Å². The Balaban J connectivity index is 1.72. The average Bonchev–Trinajstić information content (AvgIpc) is 3.63. The molecule has 1 aromatic heterocycles.